The molecule has 0 bridgehead atoms. The van der Waals surface area contributed by atoms with Crippen molar-refractivity contribution in [1.29, 1.82) is 0 Å². The van der Waals surface area contributed by atoms with Gasteiger partial charge in [0, 0.05) is 11.1 Å². The minimum atomic E-state index is -0.207. The third kappa shape index (κ3) is 3.42. The molecule has 2 aromatic carbocycles. The molecular weight excluding hydrogens is 274 g/mol. The smallest absolute Gasteiger partial charge is 0.317 e. The predicted molar refractivity (Wildman–Crippen MR) is 86.6 cm³/mol. The highest BCUT2D eigenvalue weighted by Gasteiger charge is 2.24. The molecule has 0 spiro atoms. The van der Waals surface area contributed by atoms with Crippen molar-refractivity contribution in [2.75, 3.05) is 0 Å². The second-order valence-corrected chi connectivity index (χ2v) is 5.56. The van der Waals surface area contributed by atoms with Crippen molar-refractivity contribution in [3.63, 3.8) is 0 Å². The summed E-state index contributed by atoms with van der Waals surface area (Å²) >= 11 is 0. The zero-order chi connectivity index (χ0) is 15.2. The molecule has 1 aliphatic carbocycles. The van der Waals surface area contributed by atoms with E-state index in [1.165, 1.54) is 0 Å². The van der Waals surface area contributed by atoms with Crippen molar-refractivity contribution in [3.05, 3.63) is 71.8 Å². The average molecular weight is 293 g/mol. The number of nitrogens with zero attached hydrogens (tertiary/aromatic N) is 1. The van der Waals surface area contributed by atoms with Crippen LogP contribution in [0.1, 0.15) is 36.8 Å². The van der Waals surface area contributed by atoms with Crippen LogP contribution in [0.4, 0.5) is 0 Å². The number of oxime groups is 1. The number of hydrogen-bond acceptors (Lipinski definition) is 3. The lowest BCUT2D eigenvalue weighted by atomic mass is 10.0. The molecule has 0 aromatic heterocycles. The van der Waals surface area contributed by atoms with E-state index < -0.39 is 0 Å². The maximum absolute atomic E-state index is 12.1. The molecule has 3 heteroatoms. The molecule has 22 heavy (non-hydrogen) atoms. The quantitative estimate of drug-likeness (QED) is 0.482. The fourth-order valence-electron chi connectivity index (χ4n) is 2.79. The van der Waals surface area contributed by atoms with Crippen LogP contribution in [0.2, 0.25) is 0 Å². The molecule has 3 nitrogen and oxygen atoms in total. The molecule has 1 fully saturated rings. The van der Waals surface area contributed by atoms with Crippen LogP contribution >= 0.6 is 0 Å². The third-order valence-corrected chi connectivity index (χ3v) is 4.01. The van der Waals surface area contributed by atoms with E-state index in [0.29, 0.717) is 5.71 Å². The Morgan fingerprint density at radius 2 is 1.36 bits per heavy atom. The Morgan fingerprint density at radius 3 is 1.86 bits per heavy atom. The molecule has 0 unspecified atom stereocenters. The molecule has 1 aliphatic rings. The Labute approximate surface area is 130 Å². The first-order chi connectivity index (χ1) is 10.8. The highest BCUT2D eigenvalue weighted by Crippen LogP contribution is 2.26. The summed E-state index contributed by atoms with van der Waals surface area (Å²) in [4.78, 5) is 17.3. The highest BCUT2D eigenvalue weighted by molar-refractivity contribution is 6.12. The predicted octanol–water partition coefficient (Wildman–Crippen LogP) is 4.17. The summed E-state index contributed by atoms with van der Waals surface area (Å²) in [7, 11) is 0. The number of rotatable bonds is 4. The van der Waals surface area contributed by atoms with Gasteiger partial charge in [0.25, 0.3) is 0 Å². The summed E-state index contributed by atoms with van der Waals surface area (Å²) < 4.78 is 0. The lowest BCUT2D eigenvalue weighted by Gasteiger charge is -2.08. The molecule has 2 aromatic rings. The Kier molecular flexibility index (Phi) is 4.64. The van der Waals surface area contributed by atoms with Gasteiger partial charge >= 0.3 is 5.97 Å². The van der Waals surface area contributed by atoms with Gasteiger partial charge in [-0.1, -0.05) is 78.7 Å². The van der Waals surface area contributed by atoms with Crippen LogP contribution in [0, 0.1) is 5.92 Å². The van der Waals surface area contributed by atoms with E-state index in [4.69, 9.17) is 4.84 Å². The topological polar surface area (TPSA) is 38.7 Å². The largest absolute Gasteiger partial charge is 0.338 e. The Hall–Kier alpha value is -2.42. The van der Waals surface area contributed by atoms with E-state index in [9.17, 15) is 4.79 Å². The highest BCUT2D eigenvalue weighted by atomic mass is 16.7. The first kappa shape index (κ1) is 14.5. The molecule has 0 radical (unpaired) electrons. The Bertz CT molecular complexity index is 602. The molecular formula is C19H19NO2. The maximum Gasteiger partial charge on any atom is 0.338 e. The van der Waals surface area contributed by atoms with Crippen LogP contribution in [0.3, 0.4) is 0 Å². The molecule has 112 valence electrons. The molecule has 0 aliphatic heterocycles. The summed E-state index contributed by atoms with van der Waals surface area (Å²) in [6.45, 7) is 0. The van der Waals surface area contributed by atoms with Crippen molar-refractivity contribution in [2.45, 2.75) is 25.7 Å². The Morgan fingerprint density at radius 1 is 0.864 bits per heavy atom. The van der Waals surface area contributed by atoms with E-state index in [-0.39, 0.29) is 11.9 Å². The average Bonchev–Trinajstić information content (AvgIpc) is 3.11. The van der Waals surface area contributed by atoms with Crippen molar-refractivity contribution in [1.82, 2.24) is 0 Å². The number of carbonyl (C=O) groups is 1. The molecule has 0 saturated heterocycles. The van der Waals surface area contributed by atoms with Gasteiger partial charge in [0.05, 0.1) is 5.92 Å². The fourth-order valence-corrected chi connectivity index (χ4v) is 2.79. The van der Waals surface area contributed by atoms with Crippen molar-refractivity contribution >= 4 is 11.7 Å². The van der Waals surface area contributed by atoms with E-state index >= 15 is 0 Å². The van der Waals surface area contributed by atoms with Gasteiger partial charge in [-0.05, 0) is 12.8 Å². The number of hydrogen-bond donors (Lipinski definition) is 0. The van der Waals surface area contributed by atoms with Crippen LogP contribution < -0.4 is 0 Å². The maximum atomic E-state index is 12.1. The van der Waals surface area contributed by atoms with Gasteiger partial charge in [0.15, 0.2) is 0 Å². The van der Waals surface area contributed by atoms with Gasteiger partial charge in [0.2, 0.25) is 0 Å². The van der Waals surface area contributed by atoms with E-state index in [0.717, 1.165) is 36.8 Å². The number of carbonyl (C=O) groups excluding carboxylic acids is 1. The van der Waals surface area contributed by atoms with Crippen LogP contribution in [-0.4, -0.2) is 11.7 Å². The summed E-state index contributed by atoms with van der Waals surface area (Å²) in [6.07, 6.45) is 4.04. The van der Waals surface area contributed by atoms with Gasteiger partial charge in [0.1, 0.15) is 5.71 Å². The SMILES string of the molecule is O=C(ON=C(c1ccccc1)c1ccccc1)C1CCCC1. The van der Waals surface area contributed by atoms with Crippen LogP contribution in [0.15, 0.2) is 65.8 Å². The number of benzene rings is 2. The van der Waals surface area contributed by atoms with Crippen LogP contribution in [0.5, 0.6) is 0 Å². The minimum Gasteiger partial charge on any atom is -0.317 e. The molecule has 0 atom stereocenters. The lowest BCUT2D eigenvalue weighted by Crippen LogP contribution is -2.14. The van der Waals surface area contributed by atoms with Gasteiger partial charge in [-0.3, -0.25) is 0 Å². The summed E-state index contributed by atoms with van der Waals surface area (Å²) in [6, 6.07) is 19.6. The normalized spacial score (nSPS) is 14.5. The summed E-state index contributed by atoms with van der Waals surface area (Å²) in [5.74, 6) is -0.196. The molecule has 3 rings (SSSR count). The molecule has 0 N–H and O–H groups in total. The lowest BCUT2D eigenvalue weighted by molar-refractivity contribution is -0.148. The zero-order valence-corrected chi connectivity index (χ0v) is 12.4. The van der Waals surface area contributed by atoms with Gasteiger partial charge < -0.3 is 4.84 Å². The van der Waals surface area contributed by atoms with E-state index in [1.54, 1.807) is 0 Å². The van der Waals surface area contributed by atoms with Gasteiger partial charge in [-0.15, -0.1) is 0 Å². The zero-order valence-electron chi connectivity index (χ0n) is 12.4. The first-order valence-corrected chi connectivity index (χ1v) is 7.74. The Balaban J connectivity index is 1.85. The molecule has 0 amide bonds. The van der Waals surface area contributed by atoms with E-state index in [2.05, 4.69) is 5.16 Å². The minimum absolute atomic E-state index is 0.0107. The second-order valence-electron chi connectivity index (χ2n) is 5.56. The summed E-state index contributed by atoms with van der Waals surface area (Å²) in [5.41, 5.74) is 2.56. The monoisotopic (exact) mass is 293 g/mol. The second kappa shape index (κ2) is 7.03. The van der Waals surface area contributed by atoms with Gasteiger partial charge in [-0.2, -0.15) is 0 Å². The van der Waals surface area contributed by atoms with Crippen molar-refractivity contribution in [3.8, 4) is 0 Å². The first-order valence-electron chi connectivity index (χ1n) is 7.74. The van der Waals surface area contributed by atoms with E-state index in [1.807, 2.05) is 60.7 Å². The molecule has 0 heterocycles. The molecule has 1 saturated carbocycles. The standard InChI is InChI=1S/C19H19NO2/c21-19(17-13-7-8-14-17)22-20-18(15-9-3-1-4-10-15)16-11-5-2-6-12-16/h1-6,9-12,17H,7-8,13-14H2. The van der Waals surface area contributed by atoms with Crippen LogP contribution in [0.25, 0.3) is 0 Å². The van der Waals surface area contributed by atoms with Crippen LogP contribution in [-0.2, 0) is 9.63 Å². The fraction of sp³-hybridized carbons (Fsp3) is 0.263. The van der Waals surface area contributed by atoms with Crippen molar-refractivity contribution in [2.24, 2.45) is 11.1 Å². The van der Waals surface area contributed by atoms with Gasteiger partial charge in [-0.25, -0.2) is 4.79 Å². The summed E-state index contributed by atoms with van der Waals surface area (Å²) in [5, 5.41) is 4.18. The third-order valence-electron chi connectivity index (χ3n) is 4.01. The van der Waals surface area contributed by atoms with Crippen molar-refractivity contribution < 1.29 is 9.63 Å².